The molecule has 0 amide bonds. The molecule has 0 heterocycles. The van der Waals surface area contributed by atoms with Crippen LogP contribution in [-0.2, 0) is 0 Å². The normalized spacial score (nSPS) is 25.7. The Labute approximate surface area is 110 Å². The van der Waals surface area contributed by atoms with Crippen LogP contribution in [0.2, 0.25) is 0 Å². The fourth-order valence-corrected chi connectivity index (χ4v) is 2.71. The number of hydrazine groups is 1. The first-order valence-corrected chi connectivity index (χ1v) is 6.93. The summed E-state index contributed by atoms with van der Waals surface area (Å²) in [6.07, 6.45) is 5.14. The molecular formula is C15H24N2O. The lowest BCUT2D eigenvalue weighted by molar-refractivity contribution is 0.170. The minimum absolute atomic E-state index is 0.262. The summed E-state index contributed by atoms with van der Waals surface area (Å²) < 4.78 is 5.80. The smallest absolute Gasteiger partial charge is 0.119 e. The minimum atomic E-state index is 0.262. The quantitative estimate of drug-likeness (QED) is 0.622. The summed E-state index contributed by atoms with van der Waals surface area (Å²) in [7, 11) is 0. The molecule has 0 spiro atoms. The van der Waals surface area contributed by atoms with E-state index in [1.165, 1.54) is 25.7 Å². The summed E-state index contributed by atoms with van der Waals surface area (Å²) in [6, 6.07) is 10.2. The molecule has 2 rings (SSSR count). The molecule has 1 unspecified atom stereocenters. The molecule has 1 atom stereocenters. The van der Waals surface area contributed by atoms with Gasteiger partial charge in [-0.25, -0.2) is 0 Å². The molecule has 1 fully saturated rings. The zero-order valence-electron chi connectivity index (χ0n) is 11.1. The highest BCUT2D eigenvalue weighted by Gasteiger charge is 2.25. The number of rotatable bonds is 5. The molecule has 0 saturated heterocycles. The maximum absolute atomic E-state index is 5.80. The van der Waals surface area contributed by atoms with Crippen LogP contribution in [0, 0.1) is 11.8 Å². The average Bonchev–Trinajstić information content (AvgIpc) is 2.42. The maximum Gasteiger partial charge on any atom is 0.119 e. The van der Waals surface area contributed by atoms with Crippen molar-refractivity contribution in [3.63, 3.8) is 0 Å². The Balaban J connectivity index is 1.82. The summed E-state index contributed by atoms with van der Waals surface area (Å²) in [5.74, 6) is 8.11. The predicted molar refractivity (Wildman–Crippen MR) is 74.2 cm³/mol. The molecule has 1 aliphatic carbocycles. The molecule has 0 bridgehead atoms. The van der Waals surface area contributed by atoms with Gasteiger partial charge in [0, 0.05) is 0 Å². The lowest BCUT2D eigenvalue weighted by atomic mass is 9.79. The Hall–Kier alpha value is -1.06. The second-order valence-electron chi connectivity index (χ2n) is 5.42. The van der Waals surface area contributed by atoms with Gasteiger partial charge < -0.3 is 4.74 Å². The van der Waals surface area contributed by atoms with Crippen LogP contribution >= 0.6 is 0 Å². The van der Waals surface area contributed by atoms with Crippen LogP contribution in [0.5, 0.6) is 5.75 Å². The van der Waals surface area contributed by atoms with Gasteiger partial charge in [-0.3, -0.25) is 11.3 Å². The molecule has 18 heavy (non-hydrogen) atoms. The number of para-hydroxylation sites is 1. The van der Waals surface area contributed by atoms with E-state index in [1.807, 2.05) is 30.3 Å². The summed E-state index contributed by atoms with van der Waals surface area (Å²) in [6.45, 7) is 2.99. The molecule has 1 saturated carbocycles. The van der Waals surface area contributed by atoms with Gasteiger partial charge in [0.2, 0.25) is 0 Å². The van der Waals surface area contributed by atoms with Gasteiger partial charge >= 0.3 is 0 Å². The largest absolute Gasteiger partial charge is 0.492 e. The van der Waals surface area contributed by atoms with Gasteiger partial charge in [0.25, 0.3) is 0 Å². The van der Waals surface area contributed by atoms with E-state index in [9.17, 15) is 0 Å². The molecule has 1 aliphatic rings. The standard InChI is InChI=1S/C15H24N2O/c1-12-7-9-13(10-8-12)15(17-16)11-18-14-5-3-2-4-6-14/h2-6,12-13,15,17H,7-11,16H2,1H3. The van der Waals surface area contributed by atoms with E-state index < -0.39 is 0 Å². The van der Waals surface area contributed by atoms with Crippen molar-refractivity contribution >= 4 is 0 Å². The van der Waals surface area contributed by atoms with E-state index in [1.54, 1.807) is 0 Å². The van der Waals surface area contributed by atoms with Crippen molar-refractivity contribution in [2.75, 3.05) is 6.61 Å². The van der Waals surface area contributed by atoms with Crippen LogP contribution in [0.3, 0.4) is 0 Å². The third-order valence-electron chi connectivity index (χ3n) is 4.02. The maximum atomic E-state index is 5.80. The lowest BCUT2D eigenvalue weighted by Gasteiger charge is -2.32. The van der Waals surface area contributed by atoms with E-state index in [0.29, 0.717) is 12.5 Å². The summed E-state index contributed by atoms with van der Waals surface area (Å²) >= 11 is 0. The fraction of sp³-hybridized carbons (Fsp3) is 0.600. The number of benzene rings is 1. The number of hydrogen-bond donors (Lipinski definition) is 2. The van der Waals surface area contributed by atoms with E-state index in [-0.39, 0.29) is 6.04 Å². The summed E-state index contributed by atoms with van der Waals surface area (Å²) in [4.78, 5) is 0. The van der Waals surface area contributed by atoms with Crippen molar-refractivity contribution < 1.29 is 4.74 Å². The molecule has 3 N–H and O–H groups in total. The van der Waals surface area contributed by atoms with Gasteiger partial charge in [-0.05, 0) is 36.8 Å². The predicted octanol–water partition coefficient (Wildman–Crippen LogP) is 2.72. The number of nitrogens with two attached hydrogens (primary N) is 1. The zero-order chi connectivity index (χ0) is 12.8. The molecule has 0 aliphatic heterocycles. The molecule has 3 nitrogen and oxygen atoms in total. The minimum Gasteiger partial charge on any atom is -0.492 e. The molecule has 1 aromatic rings. The fourth-order valence-electron chi connectivity index (χ4n) is 2.71. The zero-order valence-corrected chi connectivity index (χ0v) is 11.1. The van der Waals surface area contributed by atoms with E-state index in [4.69, 9.17) is 10.6 Å². The first-order valence-electron chi connectivity index (χ1n) is 6.93. The van der Waals surface area contributed by atoms with Gasteiger partial charge in [0.05, 0.1) is 6.04 Å². The SMILES string of the molecule is CC1CCC(C(COc2ccccc2)NN)CC1. The van der Waals surface area contributed by atoms with Gasteiger partial charge in [-0.2, -0.15) is 0 Å². The molecule has 1 aromatic carbocycles. The molecule has 3 heteroatoms. The molecule has 0 aromatic heterocycles. The van der Waals surface area contributed by atoms with Crippen LogP contribution in [0.15, 0.2) is 30.3 Å². The highest BCUT2D eigenvalue weighted by atomic mass is 16.5. The number of hydrogen-bond acceptors (Lipinski definition) is 3. The average molecular weight is 248 g/mol. The lowest BCUT2D eigenvalue weighted by Crippen LogP contribution is -2.46. The van der Waals surface area contributed by atoms with Crippen LogP contribution in [-0.4, -0.2) is 12.6 Å². The second kappa shape index (κ2) is 6.76. The number of ether oxygens (including phenoxy) is 1. The van der Waals surface area contributed by atoms with Crippen molar-refractivity contribution in [2.45, 2.75) is 38.6 Å². The summed E-state index contributed by atoms with van der Waals surface area (Å²) in [5, 5.41) is 0. The van der Waals surface area contributed by atoms with Crippen molar-refractivity contribution in [3.05, 3.63) is 30.3 Å². The Bertz CT molecular complexity index is 334. The molecule has 100 valence electrons. The highest BCUT2D eigenvalue weighted by molar-refractivity contribution is 5.20. The second-order valence-corrected chi connectivity index (χ2v) is 5.42. The van der Waals surface area contributed by atoms with Crippen molar-refractivity contribution in [2.24, 2.45) is 17.7 Å². The van der Waals surface area contributed by atoms with E-state index >= 15 is 0 Å². The van der Waals surface area contributed by atoms with Crippen molar-refractivity contribution in [1.82, 2.24) is 5.43 Å². The third kappa shape index (κ3) is 3.72. The van der Waals surface area contributed by atoms with E-state index in [2.05, 4.69) is 12.3 Å². The van der Waals surface area contributed by atoms with Crippen LogP contribution in [0.1, 0.15) is 32.6 Å². The van der Waals surface area contributed by atoms with E-state index in [0.717, 1.165) is 11.7 Å². The van der Waals surface area contributed by atoms with Gasteiger partial charge in [-0.15, -0.1) is 0 Å². The van der Waals surface area contributed by atoms with Crippen molar-refractivity contribution in [1.29, 1.82) is 0 Å². The Morgan fingerprint density at radius 2 is 1.89 bits per heavy atom. The third-order valence-corrected chi connectivity index (χ3v) is 4.02. The Morgan fingerprint density at radius 3 is 2.50 bits per heavy atom. The van der Waals surface area contributed by atoms with Crippen LogP contribution in [0.4, 0.5) is 0 Å². The van der Waals surface area contributed by atoms with Crippen LogP contribution < -0.4 is 16.0 Å². The molecule has 0 radical (unpaired) electrons. The van der Waals surface area contributed by atoms with Crippen LogP contribution in [0.25, 0.3) is 0 Å². The topological polar surface area (TPSA) is 47.3 Å². The van der Waals surface area contributed by atoms with Gasteiger partial charge in [0.1, 0.15) is 12.4 Å². The Kier molecular flexibility index (Phi) is 5.02. The van der Waals surface area contributed by atoms with Gasteiger partial charge in [-0.1, -0.05) is 38.0 Å². The van der Waals surface area contributed by atoms with Crippen molar-refractivity contribution in [3.8, 4) is 5.75 Å². The first-order chi connectivity index (χ1) is 8.79. The monoisotopic (exact) mass is 248 g/mol. The highest BCUT2D eigenvalue weighted by Crippen LogP contribution is 2.30. The Morgan fingerprint density at radius 1 is 1.22 bits per heavy atom. The molecular weight excluding hydrogens is 224 g/mol. The first kappa shape index (κ1) is 13.4. The van der Waals surface area contributed by atoms with Gasteiger partial charge in [0.15, 0.2) is 0 Å². The number of nitrogens with one attached hydrogen (secondary N) is 1. The summed E-state index contributed by atoms with van der Waals surface area (Å²) in [5.41, 5.74) is 2.93.